The minimum atomic E-state index is -0.537. The van der Waals surface area contributed by atoms with Crippen molar-refractivity contribution in [2.24, 2.45) is 0 Å². The summed E-state index contributed by atoms with van der Waals surface area (Å²) < 4.78 is 4.64. The lowest BCUT2D eigenvalue weighted by Gasteiger charge is -2.05. The Morgan fingerprint density at radius 3 is 2.64 bits per heavy atom. The van der Waals surface area contributed by atoms with Crippen LogP contribution in [0, 0.1) is 0 Å². The van der Waals surface area contributed by atoms with E-state index in [1.165, 1.54) is 0 Å². The Bertz CT molecular complexity index is 361. The smallest absolute Gasteiger partial charge is 0.407 e. The molecule has 1 aromatic rings. The molecule has 1 aliphatic rings. The fraction of sp³-hybridized carbons (Fsp3) is 0.200. The van der Waals surface area contributed by atoms with Crippen LogP contribution in [0.2, 0.25) is 0 Å². The van der Waals surface area contributed by atoms with Gasteiger partial charge in [-0.25, -0.2) is 4.79 Å². The molecular formula is C10H9NO3. The van der Waals surface area contributed by atoms with E-state index in [4.69, 9.17) is 0 Å². The molecule has 0 bridgehead atoms. The summed E-state index contributed by atoms with van der Waals surface area (Å²) in [6.45, 7) is 0.118. The zero-order valence-electron chi connectivity index (χ0n) is 7.40. The topological polar surface area (TPSA) is 55.4 Å². The fourth-order valence-corrected chi connectivity index (χ4v) is 1.33. The van der Waals surface area contributed by atoms with E-state index in [1.54, 1.807) is 24.3 Å². The van der Waals surface area contributed by atoms with E-state index in [-0.39, 0.29) is 12.4 Å². The Kier molecular flexibility index (Phi) is 2.18. The van der Waals surface area contributed by atoms with Crippen LogP contribution in [0.3, 0.4) is 0 Å². The SMILES string of the molecule is O=C1N[C@H](C(=O)c2ccccc2)CO1. The van der Waals surface area contributed by atoms with Crippen molar-refractivity contribution in [2.45, 2.75) is 6.04 Å². The molecule has 0 aromatic heterocycles. The van der Waals surface area contributed by atoms with E-state index >= 15 is 0 Å². The first-order chi connectivity index (χ1) is 6.77. The molecular weight excluding hydrogens is 182 g/mol. The summed E-state index contributed by atoms with van der Waals surface area (Å²) in [5.41, 5.74) is 0.586. The molecule has 2 rings (SSSR count). The summed E-state index contributed by atoms with van der Waals surface area (Å²) in [7, 11) is 0. The van der Waals surface area contributed by atoms with Crippen LogP contribution in [0.1, 0.15) is 10.4 Å². The van der Waals surface area contributed by atoms with Gasteiger partial charge in [0.15, 0.2) is 5.78 Å². The molecule has 1 aromatic carbocycles. The predicted molar refractivity (Wildman–Crippen MR) is 49.0 cm³/mol. The number of Topliss-reactive ketones (excluding diaryl/α,β-unsaturated/α-hetero) is 1. The van der Waals surface area contributed by atoms with Crippen LogP contribution < -0.4 is 5.32 Å². The third-order valence-electron chi connectivity index (χ3n) is 2.05. The van der Waals surface area contributed by atoms with Crippen molar-refractivity contribution >= 4 is 11.9 Å². The Hall–Kier alpha value is -1.84. The third-order valence-corrected chi connectivity index (χ3v) is 2.05. The van der Waals surface area contributed by atoms with Gasteiger partial charge in [-0.15, -0.1) is 0 Å². The summed E-state index contributed by atoms with van der Waals surface area (Å²) in [5.74, 6) is -0.114. The van der Waals surface area contributed by atoms with Crippen molar-refractivity contribution < 1.29 is 14.3 Å². The lowest BCUT2D eigenvalue weighted by Crippen LogP contribution is -2.34. The lowest BCUT2D eigenvalue weighted by atomic mass is 10.1. The zero-order valence-corrected chi connectivity index (χ0v) is 7.40. The number of ketones is 1. The van der Waals surface area contributed by atoms with E-state index in [1.807, 2.05) is 6.07 Å². The molecule has 0 aliphatic carbocycles. The molecule has 1 heterocycles. The highest BCUT2D eigenvalue weighted by atomic mass is 16.6. The number of ether oxygens (including phenoxy) is 1. The Morgan fingerprint density at radius 2 is 2.07 bits per heavy atom. The van der Waals surface area contributed by atoms with Crippen molar-refractivity contribution in [1.82, 2.24) is 5.32 Å². The van der Waals surface area contributed by atoms with Crippen LogP contribution in [0.25, 0.3) is 0 Å². The van der Waals surface area contributed by atoms with Crippen molar-refractivity contribution in [1.29, 1.82) is 0 Å². The highest BCUT2D eigenvalue weighted by Gasteiger charge is 2.29. The molecule has 14 heavy (non-hydrogen) atoms. The number of amides is 1. The van der Waals surface area contributed by atoms with Gasteiger partial charge in [0.05, 0.1) is 0 Å². The highest BCUT2D eigenvalue weighted by molar-refractivity contribution is 6.02. The van der Waals surface area contributed by atoms with Gasteiger partial charge in [-0.05, 0) is 0 Å². The van der Waals surface area contributed by atoms with Gasteiger partial charge in [0, 0.05) is 5.56 Å². The average Bonchev–Trinajstić information content (AvgIpc) is 2.65. The summed E-state index contributed by atoms with van der Waals surface area (Å²) in [6, 6.07) is 8.29. The first kappa shape index (κ1) is 8.74. The van der Waals surface area contributed by atoms with Gasteiger partial charge in [0.1, 0.15) is 12.6 Å². The van der Waals surface area contributed by atoms with Gasteiger partial charge in [-0.3, -0.25) is 4.79 Å². The van der Waals surface area contributed by atoms with Gasteiger partial charge < -0.3 is 10.1 Å². The first-order valence-corrected chi connectivity index (χ1v) is 4.30. The molecule has 0 saturated carbocycles. The van der Waals surface area contributed by atoms with Crippen molar-refractivity contribution in [2.75, 3.05) is 6.61 Å². The van der Waals surface area contributed by atoms with E-state index in [0.717, 1.165) is 0 Å². The molecule has 1 amide bonds. The predicted octanol–water partition coefficient (Wildman–Crippen LogP) is 0.978. The Labute approximate surface area is 80.9 Å². The number of nitrogens with one attached hydrogen (secondary N) is 1. The molecule has 4 nitrogen and oxygen atoms in total. The molecule has 0 spiro atoms. The third kappa shape index (κ3) is 1.59. The molecule has 1 atom stereocenters. The quantitative estimate of drug-likeness (QED) is 0.709. The number of cyclic esters (lactones) is 1. The maximum Gasteiger partial charge on any atom is 0.407 e. The summed E-state index contributed by atoms with van der Waals surface area (Å²) in [4.78, 5) is 22.4. The van der Waals surface area contributed by atoms with Crippen LogP contribution in [0.15, 0.2) is 30.3 Å². The monoisotopic (exact) mass is 191 g/mol. The van der Waals surface area contributed by atoms with E-state index in [2.05, 4.69) is 10.1 Å². The molecule has 0 radical (unpaired) electrons. The number of rotatable bonds is 2. The van der Waals surface area contributed by atoms with E-state index < -0.39 is 12.1 Å². The molecule has 72 valence electrons. The number of benzene rings is 1. The molecule has 0 unspecified atom stereocenters. The standard InChI is InChI=1S/C10H9NO3/c12-9(7-4-2-1-3-5-7)8-6-14-10(13)11-8/h1-5,8H,6H2,(H,11,13)/t8-/m0/s1. The van der Waals surface area contributed by atoms with E-state index in [9.17, 15) is 9.59 Å². The fourth-order valence-electron chi connectivity index (χ4n) is 1.33. The second-order valence-electron chi connectivity index (χ2n) is 3.03. The molecule has 1 N–H and O–H groups in total. The minimum Gasteiger partial charge on any atom is -0.447 e. The minimum absolute atomic E-state index is 0.114. The summed E-state index contributed by atoms with van der Waals surface area (Å²) >= 11 is 0. The molecule has 1 saturated heterocycles. The van der Waals surface area contributed by atoms with Crippen molar-refractivity contribution in [3.05, 3.63) is 35.9 Å². The number of hydrogen-bond donors (Lipinski definition) is 1. The Balaban J connectivity index is 2.13. The number of carbonyl (C=O) groups is 2. The first-order valence-electron chi connectivity index (χ1n) is 4.30. The second kappa shape index (κ2) is 3.49. The van der Waals surface area contributed by atoms with Crippen LogP contribution in [-0.4, -0.2) is 24.5 Å². The van der Waals surface area contributed by atoms with Gasteiger partial charge in [0.2, 0.25) is 0 Å². The number of alkyl carbamates (subject to hydrolysis) is 1. The lowest BCUT2D eigenvalue weighted by molar-refractivity contribution is 0.0944. The average molecular weight is 191 g/mol. The highest BCUT2D eigenvalue weighted by Crippen LogP contribution is 2.07. The molecule has 4 heteroatoms. The van der Waals surface area contributed by atoms with E-state index in [0.29, 0.717) is 5.56 Å². The second-order valence-corrected chi connectivity index (χ2v) is 3.03. The van der Waals surface area contributed by atoms with Gasteiger partial charge in [-0.2, -0.15) is 0 Å². The molecule has 1 fully saturated rings. The van der Waals surface area contributed by atoms with Gasteiger partial charge >= 0.3 is 6.09 Å². The normalized spacial score (nSPS) is 20.0. The number of carbonyl (C=O) groups excluding carboxylic acids is 2. The van der Waals surface area contributed by atoms with Crippen molar-refractivity contribution in [3.8, 4) is 0 Å². The zero-order chi connectivity index (χ0) is 9.97. The van der Waals surface area contributed by atoms with Crippen LogP contribution >= 0.6 is 0 Å². The Morgan fingerprint density at radius 1 is 1.36 bits per heavy atom. The van der Waals surface area contributed by atoms with Crippen LogP contribution in [-0.2, 0) is 4.74 Å². The number of hydrogen-bond acceptors (Lipinski definition) is 3. The largest absolute Gasteiger partial charge is 0.447 e. The maximum atomic E-state index is 11.7. The molecule has 1 aliphatic heterocycles. The van der Waals surface area contributed by atoms with Crippen LogP contribution in [0.5, 0.6) is 0 Å². The van der Waals surface area contributed by atoms with Gasteiger partial charge in [0.25, 0.3) is 0 Å². The summed E-state index contributed by atoms with van der Waals surface area (Å²) in [6.07, 6.45) is -0.528. The summed E-state index contributed by atoms with van der Waals surface area (Å²) in [5, 5.41) is 2.44. The van der Waals surface area contributed by atoms with Gasteiger partial charge in [-0.1, -0.05) is 30.3 Å². The maximum absolute atomic E-state index is 11.7. The van der Waals surface area contributed by atoms with Crippen molar-refractivity contribution in [3.63, 3.8) is 0 Å². The van der Waals surface area contributed by atoms with Crippen LogP contribution in [0.4, 0.5) is 4.79 Å².